The van der Waals surface area contributed by atoms with Crippen molar-refractivity contribution in [2.24, 2.45) is 0 Å². The normalized spacial score (nSPS) is 22.8. The fraction of sp³-hybridized carbons (Fsp3) is 0.562. The van der Waals surface area contributed by atoms with Gasteiger partial charge in [0, 0.05) is 25.2 Å². The minimum Gasteiger partial charge on any atom is -0.496 e. The number of hydrogen-bond acceptors (Lipinski definition) is 4. The first-order chi connectivity index (χ1) is 10.1. The van der Waals surface area contributed by atoms with E-state index in [2.05, 4.69) is 10.2 Å². The van der Waals surface area contributed by atoms with Gasteiger partial charge in [0.25, 0.3) is 0 Å². The number of benzene rings is 1. The van der Waals surface area contributed by atoms with Crippen LogP contribution in [0.2, 0.25) is 0 Å². The highest BCUT2D eigenvalue weighted by atomic mass is 16.5. The van der Waals surface area contributed by atoms with Gasteiger partial charge in [-0.05, 0) is 19.9 Å². The van der Waals surface area contributed by atoms with E-state index in [1.165, 1.54) is 0 Å². The fourth-order valence-corrected chi connectivity index (χ4v) is 2.72. The second-order valence-corrected chi connectivity index (χ2v) is 5.54. The van der Waals surface area contributed by atoms with Crippen LogP contribution < -0.4 is 10.1 Å². The second kappa shape index (κ2) is 7.43. The Morgan fingerprint density at radius 3 is 2.67 bits per heavy atom. The van der Waals surface area contributed by atoms with Gasteiger partial charge in [-0.1, -0.05) is 18.2 Å². The van der Waals surface area contributed by atoms with Crippen molar-refractivity contribution in [2.75, 3.05) is 26.7 Å². The van der Waals surface area contributed by atoms with Gasteiger partial charge in [-0.2, -0.15) is 0 Å². The highest BCUT2D eigenvalue weighted by Crippen LogP contribution is 2.16. The summed E-state index contributed by atoms with van der Waals surface area (Å²) in [7, 11) is 1.64. The van der Waals surface area contributed by atoms with E-state index in [1.807, 2.05) is 38.1 Å². The van der Waals surface area contributed by atoms with E-state index >= 15 is 0 Å². The van der Waals surface area contributed by atoms with Crippen molar-refractivity contribution in [1.82, 2.24) is 10.2 Å². The maximum Gasteiger partial charge on any atom is 0.234 e. The lowest BCUT2D eigenvalue weighted by Gasteiger charge is -2.34. The van der Waals surface area contributed by atoms with Crippen molar-refractivity contribution in [3.63, 3.8) is 0 Å². The zero-order valence-corrected chi connectivity index (χ0v) is 13.0. The van der Waals surface area contributed by atoms with Crippen LogP contribution in [0, 0.1) is 0 Å². The molecule has 5 heteroatoms. The Balaban J connectivity index is 1.82. The molecule has 0 aliphatic carbocycles. The maximum absolute atomic E-state index is 12.1. The van der Waals surface area contributed by atoms with Crippen molar-refractivity contribution >= 4 is 5.91 Å². The molecule has 1 heterocycles. The molecule has 0 bridgehead atoms. The predicted molar refractivity (Wildman–Crippen MR) is 81.3 cm³/mol. The van der Waals surface area contributed by atoms with Crippen molar-refractivity contribution < 1.29 is 14.3 Å². The smallest absolute Gasteiger partial charge is 0.234 e. The molecular formula is C16H24N2O3. The summed E-state index contributed by atoms with van der Waals surface area (Å²) in [5.74, 6) is 0.827. The van der Waals surface area contributed by atoms with Crippen LogP contribution in [-0.2, 0) is 16.1 Å². The first-order valence-corrected chi connectivity index (χ1v) is 7.35. The molecule has 2 rings (SSSR count). The van der Waals surface area contributed by atoms with Gasteiger partial charge in [0.15, 0.2) is 0 Å². The Bertz CT molecular complexity index is 468. The van der Waals surface area contributed by atoms with E-state index in [0.29, 0.717) is 13.1 Å². The van der Waals surface area contributed by atoms with Gasteiger partial charge in [-0.25, -0.2) is 0 Å². The lowest BCUT2D eigenvalue weighted by atomic mass is 10.2. The minimum absolute atomic E-state index is 0.0298. The molecule has 0 saturated carbocycles. The number of carbonyl (C=O) groups is 1. The number of nitrogens with one attached hydrogen (secondary N) is 1. The summed E-state index contributed by atoms with van der Waals surface area (Å²) >= 11 is 0. The summed E-state index contributed by atoms with van der Waals surface area (Å²) in [6.07, 6.45) is 0.353. The van der Waals surface area contributed by atoms with E-state index in [0.717, 1.165) is 24.4 Å². The topological polar surface area (TPSA) is 50.8 Å². The molecule has 2 atom stereocenters. The Labute approximate surface area is 126 Å². The number of amides is 1. The summed E-state index contributed by atoms with van der Waals surface area (Å²) in [5, 5.41) is 2.95. The second-order valence-electron chi connectivity index (χ2n) is 5.54. The van der Waals surface area contributed by atoms with Crippen LogP contribution in [0.15, 0.2) is 24.3 Å². The number of carbonyl (C=O) groups excluding carboxylic acids is 1. The largest absolute Gasteiger partial charge is 0.496 e. The number of ether oxygens (including phenoxy) is 2. The molecule has 1 aliphatic rings. The van der Waals surface area contributed by atoms with E-state index in [-0.39, 0.29) is 18.1 Å². The van der Waals surface area contributed by atoms with Gasteiger partial charge >= 0.3 is 0 Å². The third-order valence-electron chi connectivity index (χ3n) is 3.53. The third-order valence-corrected chi connectivity index (χ3v) is 3.53. The number of morpholine rings is 1. The Morgan fingerprint density at radius 1 is 1.33 bits per heavy atom. The van der Waals surface area contributed by atoms with Gasteiger partial charge in [0.1, 0.15) is 5.75 Å². The molecule has 0 aromatic heterocycles. The minimum atomic E-state index is 0.0298. The van der Waals surface area contributed by atoms with E-state index in [1.54, 1.807) is 7.11 Å². The van der Waals surface area contributed by atoms with E-state index in [4.69, 9.17) is 9.47 Å². The molecule has 0 spiro atoms. The standard InChI is InChI=1S/C16H24N2O3/c1-12-9-18(10-13(2)21-12)11-16(19)17-8-14-6-4-5-7-15(14)20-3/h4-7,12-13H,8-11H2,1-3H3,(H,17,19). The van der Waals surface area contributed by atoms with Crippen LogP contribution >= 0.6 is 0 Å². The molecule has 116 valence electrons. The van der Waals surface area contributed by atoms with Crippen LogP contribution in [0.25, 0.3) is 0 Å². The lowest BCUT2D eigenvalue weighted by molar-refractivity contribution is -0.126. The first kappa shape index (κ1) is 15.8. The van der Waals surface area contributed by atoms with Crippen LogP contribution in [0.1, 0.15) is 19.4 Å². The summed E-state index contributed by atoms with van der Waals surface area (Å²) < 4.78 is 10.9. The van der Waals surface area contributed by atoms with Crippen molar-refractivity contribution in [1.29, 1.82) is 0 Å². The molecule has 1 fully saturated rings. The van der Waals surface area contributed by atoms with Gasteiger partial charge in [0.2, 0.25) is 5.91 Å². The number of para-hydroxylation sites is 1. The Hall–Kier alpha value is -1.59. The molecule has 21 heavy (non-hydrogen) atoms. The van der Waals surface area contributed by atoms with Crippen LogP contribution in [0.3, 0.4) is 0 Å². The van der Waals surface area contributed by atoms with Gasteiger partial charge in [-0.3, -0.25) is 9.69 Å². The average Bonchev–Trinajstić information content (AvgIpc) is 2.44. The quantitative estimate of drug-likeness (QED) is 0.892. The third kappa shape index (κ3) is 4.72. The molecular weight excluding hydrogens is 268 g/mol. The molecule has 1 amide bonds. The Morgan fingerprint density at radius 2 is 2.00 bits per heavy atom. The SMILES string of the molecule is COc1ccccc1CNC(=O)CN1CC(C)OC(C)C1. The molecule has 1 aromatic carbocycles. The molecule has 1 aromatic rings. The number of rotatable bonds is 5. The summed E-state index contributed by atoms with van der Waals surface area (Å²) in [6, 6.07) is 7.71. The summed E-state index contributed by atoms with van der Waals surface area (Å²) in [5.41, 5.74) is 0.983. The number of methoxy groups -OCH3 is 1. The predicted octanol–water partition coefficient (Wildman–Crippen LogP) is 1.42. The highest BCUT2D eigenvalue weighted by molar-refractivity contribution is 5.78. The zero-order valence-electron chi connectivity index (χ0n) is 13.0. The molecule has 0 radical (unpaired) electrons. The van der Waals surface area contributed by atoms with Crippen LogP contribution in [-0.4, -0.2) is 49.8 Å². The zero-order chi connectivity index (χ0) is 15.2. The first-order valence-electron chi connectivity index (χ1n) is 7.35. The van der Waals surface area contributed by atoms with Crippen molar-refractivity contribution in [3.8, 4) is 5.75 Å². The van der Waals surface area contributed by atoms with Gasteiger partial charge in [-0.15, -0.1) is 0 Å². The molecule has 5 nitrogen and oxygen atoms in total. The van der Waals surface area contributed by atoms with Crippen LogP contribution in [0.5, 0.6) is 5.75 Å². The summed E-state index contributed by atoms with van der Waals surface area (Å²) in [4.78, 5) is 14.2. The Kier molecular flexibility index (Phi) is 5.59. The van der Waals surface area contributed by atoms with Crippen molar-refractivity contribution in [3.05, 3.63) is 29.8 Å². The molecule has 2 unspecified atom stereocenters. The van der Waals surface area contributed by atoms with Crippen LogP contribution in [0.4, 0.5) is 0 Å². The monoisotopic (exact) mass is 292 g/mol. The average molecular weight is 292 g/mol. The highest BCUT2D eigenvalue weighted by Gasteiger charge is 2.23. The molecule has 1 aliphatic heterocycles. The maximum atomic E-state index is 12.1. The fourth-order valence-electron chi connectivity index (χ4n) is 2.72. The van der Waals surface area contributed by atoms with Crippen molar-refractivity contribution in [2.45, 2.75) is 32.6 Å². The number of hydrogen-bond donors (Lipinski definition) is 1. The van der Waals surface area contributed by atoms with E-state index in [9.17, 15) is 4.79 Å². The van der Waals surface area contributed by atoms with E-state index < -0.39 is 0 Å². The molecule has 1 saturated heterocycles. The molecule has 1 N–H and O–H groups in total. The summed E-state index contributed by atoms with van der Waals surface area (Å²) in [6.45, 7) is 6.56. The number of nitrogens with zero attached hydrogens (tertiary/aromatic N) is 1. The van der Waals surface area contributed by atoms with Gasteiger partial charge in [0.05, 0.1) is 25.9 Å². The van der Waals surface area contributed by atoms with Gasteiger partial charge < -0.3 is 14.8 Å². The lowest BCUT2D eigenvalue weighted by Crippen LogP contribution is -2.49.